The first kappa shape index (κ1) is 14.1. The number of nitrogens with zero attached hydrogens (tertiary/aromatic N) is 2. The minimum Gasteiger partial charge on any atom is -0.468 e. The maximum absolute atomic E-state index is 5.32. The highest BCUT2D eigenvalue weighted by atomic mass is 16.3. The maximum atomic E-state index is 5.32. The Morgan fingerprint density at radius 2 is 1.95 bits per heavy atom. The van der Waals surface area contributed by atoms with E-state index in [-0.39, 0.29) is 0 Å². The Morgan fingerprint density at radius 3 is 2.71 bits per heavy atom. The Bertz CT molecular complexity index is 531. The fourth-order valence-electron chi connectivity index (χ4n) is 2.79. The molecule has 1 saturated heterocycles. The van der Waals surface area contributed by atoms with Crippen molar-refractivity contribution in [1.29, 1.82) is 0 Å². The smallest absolute Gasteiger partial charge is 0.128 e. The molecule has 0 atom stereocenters. The molecule has 2 aromatic heterocycles. The Morgan fingerprint density at radius 1 is 1.10 bits per heavy atom. The molecule has 4 heteroatoms. The average Bonchev–Trinajstić information content (AvgIpc) is 2.88. The highest BCUT2D eigenvalue weighted by Gasteiger charge is 2.11. The van der Waals surface area contributed by atoms with E-state index >= 15 is 0 Å². The second-order valence-electron chi connectivity index (χ2n) is 5.61. The molecule has 21 heavy (non-hydrogen) atoms. The topological polar surface area (TPSA) is 41.3 Å². The Balaban J connectivity index is 1.57. The molecule has 4 nitrogen and oxygen atoms in total. The van der Waals surface area contributed by atoms with Gasteiger partial charge in [0.1, 0.15) is 11.6 Å². The molecule has 0 aliphatic carbocycles. The van der Waals surface area contributed by atoms with E-state index in [2.05, 4.69) is 27.3 Å². The summed E-state index contributed by atoms with van der Waals surface area (Å²) in [6.07, 6.45) is 8.89. The lowest BCUT2D eigenvalue weighted by Gasteiger charge is -2.21. The molecule has 0 radical (unpaired) electrons. The monoisotopic (exact) mass is 285 g/mol. The second kappa shape index (κ2) is 7.27. The van der Waals surface area contributed by atoms with Crippen molar-refractivity contribution in [2.24, 2.45) is 0 Å². The van der Waals surface area contributed by atoms with Gasteiger partial charge in [0.2, 0.25) is 0 Å². The number of rotatable bonds is 5. The molecule has 0 spiro atoms. The molecule has 1 aliphatic rings. The first-order valence-corrected chi connectivity index (χ1v) is 7.85. The molecule has 1 fully saturated rings. The zero-order valence-electron chi connectivity index (χ0n) is 12.4. The van der Waals surface area contributed by atoms with Crippen molar-refractivity contribution in [2.75, 3.05) is 18.0 Å². The molecular weight excluding hydrogens is 262 g/mol. The van der Waals surface area contributed by atoms with Crippen LogP contribution in [0.4, 0.5) is 5.82 Å². The predicted molar refractivity (Wildman–Crippen MR) is 84.2 cm³/mol. The fraction of sp³-hybridized carbons (Fsp3) is 0.471. The van der Waals surface area contributed by atoms with Crippen molar-refractivity contribution in [3.8, 4) is 0 Å². The molecule has 2 aromatic rings. The van der Waals surface area contributed by atoms with Crippen LogP contribution in [0.2, 0.25) is 0 Å². The van der Waals surface area contributed by atoms with E-state index in [1.54, 1.807) is 6.26 Å². The third-order valence-electron chi connectivity index (χ3n) is 3.95. The number of anilines is 1. The second-order valence-corrected chi connectivity index (χ2v) is 5.61. The van der Waals surface area contributed by atoms with Gasteiger partial charge in [-0.2, -0.15) is 0 Å². The van der Waals surface area contributed by atoms with Crippen molar-refractivity contribution >= 4 is 5.82 Å². The molecule has 0 amide bonds. The van der Waals surface area contributed by atoms with Crippen LogP contribution in [-0.4, -0.2) is 18.1 Å². The zero-order valence-corrected chi connectivity index (χ0v) is 12.4. The van der Waals surface area contributed by atoms with Gasteiger partial charge in [0.05, 0.1) is 12.8 Å². The van der Waals surface area contributed by atoms with Crippen LogP contribution in [0.3, 0.4) is 0 Å². The van der Waals surface area contributed by atoms with Crippen LogP contribution in [0.15, 0.2) is 41.1 Å². The quantitative estimate of drug-likeness (QED) is 0.914. The summed E-state index contributed by atoms with van der Waals surface area (Å²) >= 11 is 0. The Hall–Kier alpha value is -1.81. The van der Waals surface area contributed by atoms with Gasteiger partial charge in [0, 0.05) is 25.8 Å². The summed E-state index contributed by atoms with van der Waals surface area (Å²) in [5.74, 6) is 2.09. The van der Waals surface area contributed by atoms with Crippen molar-refractivity contribution in [2.45, 2.75) is 38.8 Å². The maximum Gasteiger partial charge on any atom is 0.128 e. The van der Waals surface area contributed by atoms with Crippen molar-refractivity contribution < 1.29 is 4.42 Å². The normalized spacial score (nSPS) is 15.9. The lowest BCUT2D eigenvalue weighted by molar-refractivity contribution is 0.483. The standard InChI is InChI=1S/C17H23N3O/c1-2-4-10-20(9-3-1)17-12-15(7-8-19-17)13-18-14-16-6-5-11-21-16/h5-8,11-12,18H,1-4,9-10,13-14H2. The first-order valence-electron chi connectivity index (χ1n) is 7.85. The van der Waals surface area contributed by atoms with Crippen LogP contribution in [0.1, 0.15) is 37.0 Å². The highest BCUT2D eigenvalue weighted by Crippen LogP contribution is 2.18. The van der Waals surface area contributed by atoms with Crippen molar-refractivity contribution in [3.05, 3.63) is 48.0 Å². The van der Waals surface area contributed by atoms with Gasteiger partial charge in [-0.15, -0.1) is 0 Å². The molecular formula is C17H23N3O. The summed E-state index contributed by atoms with van der Waals surface area (Å²) in [6.45, 7) is 3.87. The lowest BCUT2D eigenvalue weighted by atomic mass is 10.2. The number of hydrogen-bond acceptors (Lipinski definition) is 4. The van der Waals surface area contributed by atoms with Crippen LogP contribution >= 0.6 is 0 Å². The SMILES string of the molecule is c1coc(CNCc2ccnc(N3CCCCCC3)c2)c1. The van der Waals surface area contributed by atoms with Gasteiger partial charge >= 0.3 is 0 Å². The van der Waals surface area contributed by atoms with E-state index < -0.39 is 0 Å². The van der Waals surface area contributed by atoms with Crippen LogP contribution in [0.25, 0.3) is 0 Å². The summed E-state index contributed by atoms with van der Waals surface area (Å²) in [6, 6.07) is 8.19. The van der Waals surface area contributed by atoms with Crippen molar-refractivity contribution in [3.63, 3.8) is 0 Å². The van der Waals surface area contributed by atoms with Gasteiger partial charge < -0.3 is 14.6 Å². The summed E-state index contributed by atoms with van der Waals surface area (Å²) in [5, 5.41) is 3.41. The zero-order chi connectivity index (χ0) is 14.3. The van der Waals surface area contributed by atoms with Crippen molar-refractivity contribution in [1.82, 2.24) is 10.3 Å². The molecule has 0 unspecified atom stereocenters. The van der Waals surface area contributed by atoms with E-state index in [0.717, 1.165) is 37.8 Å². The number of furan rings is 1. The van der Waals surface area contributed by atoms with Gasteiger partial charge in [-0.05, 0) is 42.7 Å². The molecule has 112 valence electrons. The van der Waals surface area contributed by atoms with Gasteiger partial charge in [-0.25, -0.2) is 4.98 Å². The minimum atomic E-state index is 0.758. The van der Waals surface area contributed by atoms with E-state index in [4.69, 9.17) is 4.42 Å². The fourth-order valence-corrected chi connectivity index (χ4v) is 2.79. The lowest BCUT2D eigenvalue weighted by Crippen LogP contribution is -2.25. The van der Waals surface area contributed by atoms with E-state index in [1.165, 1.54) is 31.2 Å². The van der Waals surface area contributed by atoms with Crippen LogP contribution in [-0.2, 0) is 13.1 Å². The third kappa shape index (κ3) is 4.08. The minimum absolute atomic E-state index is 0.758. The number of nitrogens with one attached hydrogen (secondary N) is 1. The van der Waals surface area contributed by atoms with Gasteiger partial charge in [-0.1, -0.05) is 12.8 Å². The molecule has 0 aromatic carbocycles. The average molecular weight is 285 g/mol. The van der Waals surface area contributed by atoms with Gasteiger partial charge in [0.25, 0.3) is 0 Å². The summed E-state index contributed by atoms with van der Waals surface area (Å²) in [4.78, 5) is 6.96. The molecule has 0 bridgehead atoms. The summed E-state index contributed by atoms with van der Waals surface area (Å²) in [5.41, 5.74) is 1.27. The van der Waals surface area contributed by atoms with Gasteiger partial charge in [0.15, 0.2) is 0 Å². The first-order chi connectivity index (χ1) is 10.4. The molecule has 3 rings (SSSR count). The molecule has 1 aliphatic heterocycles. The number of hydrogen-bond donors (Lipinski definition) is 1. The number of pyridine rings is 1. The number of aromatic nitrogens is 1. The van der Waals surface area contributed by atoms with E-state index in [1.807, 2.05) is 18.3 Å². The molecule has 1 N–H and O–H groups in total. The predicted octanol–water partition coefficient (Wildman–Crippen LogP) is 3.34. The van der Waals surface area contributed by atoms with Crippen LogP contribution in [0.5, 0.6) is 0 Å². The van der Waals surface area contributed by atoms with Crippen LogP contribution in [0, 0.1) is 0 Å². The van der Waals surface area contributed by atoms with Crippen LogP contribution < -0.4 is 10.2 Å². The Kier molecular flexibility index (Phi) is 4.90. The summed E-state index contributed by atoms with van der Waals surface area (Å²) < 4.78 is 5.32. The summed E-state index contributed by atoms with van der Waals surface area (Å²) in [7, 11) is 0. The van der Waals surface area contributed by atoms with E-state index in [9.17, 15) is 0 Å². The molecule has 0 saturated carbocycles. The third-order valence-corrected chi connectivity index (χ3v) is 3.95. The van der Waals surface area contributed by atoms with Gasteiger partial charge in [-0.3, -0.25) is 0 Å². The van der Waals surface area contributed by atoms with E-state index in [0.29, 0.717) is 0 Å². The largest absolute Gasteiger partial charge is 0.468 e. The molecule has 3 heterocycles. The Labute approximate surface area is 126 Å². The highest BCUT2D eigenvalue weighted by molar-refractivity contribution is 5.41.